The molecule has 7 nitrogen and oxygen atoms in total. The number of fused-ring (bicyclic) bond motifs is 1. The lowest BCUT2D eigenvalue weighted by Gasteiger charge is -2.30. The van der Waals surface area contributed by atoms with E-state index in [0.717, 1.165) is 33.2 Å². The predicted octanol–water partition coefficient (Wildman–Crippen LogP) is 6.12. The van der Waals surface area contributed by atoms with Crippen molar-refractivity contribution in [2.24, 2.45) is 5.92 Å². The summed E-state index contributed by atoms with van der Waals surface area (Å²) < 4.78 is 4.98. The first kappa shape index (κ1) is 26.7. The Morgan fingerprint density at radius 1 is 0.917 bits per heavy atom. The van der Waals surface area contributed by atoms with Gasteiger partial charge in [-0.05, 0) is 74.1 Å². The maximum absolute atomic E-state index is 13.5. The lowest BCUT2D eigenvalue weighted by molar-refractivity contribution is -0.148. The van der Waals surface area contributed by atoms with Crippen molar-refractivity contribution in [1.29, 1.82) is 0 Å². The third-order valence-electron chi connectivity index (χ3n) is 6.14. The van der Waals surface area contributed by atoms with Gasteiger partial charge >= 0.3 is 12.0 Å². The summed E-state index contributed by atoms with van der Waals surface area (Å²) in [5.74, 6) is -0.870. The van der Waals surface area contributed by atoms with Crippen LogP contribution in [0.5, 0.6) is 0 Å². The molecule has 3 amide bonds. The molecule has 0 aliphatic carbocycles. The van der Waals surface area contributed by atoms with Crippen molar-refractivity contribution in [2.75, 3.05) is 17.7 Å². The molecular formula is C29H35N3O4. The van der Waals surface area contributed by atoms with E-state index < -0.39 is 23.4 Å². The first-order valence-corrected chi connectivity index (χ1v) is 12.0. The fourth-order valence-electron chi connectivity index (χ4n) is 4.72. The molecule has 0 aliphatic rings. The Labute approximate surface area is 212 Å². The summed E-state index contributed by atoms with van der Waals surface area (Å²) in [6.07, 6.45) is 0.397. The highest BCUT2D eigenvalue weighted by Crippen LogP contribution is 2.27. The van der Waals surface area contributed by atoms with Crippen LogP contribution in [-0.4, -0.2) is 30.6 Å². The molecule has 0 heterocycles. The van der Waals surface area contributed by atoms with Crippen molar-refractivity contribution in [2.45, 2.75) is 53.5 Å². The Morgan fingerprint density at radius 2 is 1.50 bits per heavy atom. The van der Waals surface area contributed by atoms with Gasteiger partial charge in [0, 0.05) is 5.69 Å². The zero-order chi connectivity index (χ0) is 26.6. The van der Waals surface area contributed by atoms with Gasteiger partial charge in [0.1, 0.15) is 5.54 Å². The van der Waals surface area contributed by atoms with Gasteiger partial charge in [-0.25, -0.2) is 9.59 Å². The van der Waals surface area contributed by atoms with Gasteiger partial charge in [-0.1, -0.05) is 55.8 Å². The van der Waals surface area contributed by atoms with E-state index in [-0.39, 0.29) is 11.5 Å². The van der Waals surface area contributed by atoms with Gasteiger partial charge < -0.3 is 20.7 Å². The van der Waals surface area contributed by atoms with E-state index in [0.29, 0.717) is 12.1 Å². The first-order valence-electron chi connectivity index (χ1n) is 12.0. The number of anilines is 2. The molecule has 190 valence electrons. The van der Waals surface area contributed by atoms with Crippen LogP contribution in [0.1, 0.15) is 54.2 Å². The van der Waals surface area contributed by atoms with E-state index >= 15 is 0 Å². The van der Waals surface area contributed by atoms with E-state index in [1.165, 1.54) is 7.11 Å². The van der Waals surface area contributed by atoms with Gasteiger partial charge in [0.05, 0.1) is 18.4 Å². The lowest BCUT2D eigenvalue weighted by Crippen LogP contribution is -2.53. The molecule has 0 spiro atoms. The number of hydrogen-bond acceptors (Lipinski definition) is 4. The molecule has 0 radical (unpaired) electrons. The lowest BCUT2D eigenvalue weighted by atomic mass is 9.90. The highest BCUT2D eigenvalue weighted by atomic mass is 16.5. The first-order chi connectivity index (χ1) is 16.9. The summed E-state index contributed by atoms with van der Waals surface area (Å²) in [4.78, 5) is 39.1. The van der Waals surface area contributed by atoms with Crippen molar-refractivity contribution in [1.82, 2.24) is 5.32 Å². The topological polar surface area (TPSA) is 96.5 Å². The number of methoxy groups -OCH3 is 1. The number of carbonyl (C=O) groups excluding carboxylic acids is 3. The van der Waals surface area contributed by atoms with E-state index in [1.54, 1.807) is 19.1 Å². The summed E-state index contributed by atoms with van der Waals surface area (Å²) in [6.45, 7) is 11.5. The predicted molar refractivity (Wildman–Crippen MR) is 145 cm³/mol. The number of carbonyl (C=O) groups is 3. The Balaban J connectivity index is 1.97. The second-order valence-electron chi connectivity index (χ2n) is 9.97. The Hall–Kier alpha value is -3.87. The maximum Gasteiger partial charge on any atom is 0.331 e. The summed E-state index contributed by atoms with van der Waals surface area (Å²) in [6, 6.07) is 14.6. The molecule has 3 rings (SSSR count). The van der Waals surface area contributed by atoms with Crippen molar-refractivity contribution in [3.05, 3.63) is 70.8 Å². The number of ether oxygens (including phenoxy) is 1. The normalized spacial score (nSPS) is 12.7. The van der Waals surface area contributed by atoms with Gasteiger partial charge in [0.2, 0.25) is 0 Å². The van der Waals surface area contributed by atoms with Crippen LogP contribution < -0.4 is 16.0 Å². The minimum atomic E-state index is -1.22. The molecule has 0 saturated heterocycles. The number of amides is 3. The second-order valence-corrected chi connectivity index (χ2v) is 9.97. The fourth-order valence-corrected chi connectivity index (χ4v) is 4.72. The smallest absolute Gasteiger partial charge is 0.331 e. The zero-order valence-electron chi connectivity index (χ0n) is 22.0. The van der Waals surface area contributed by atoms with Gasteiger partial charge in [0.25, 0.3) is 5.91 Å². The largest absolute Gasteiger partial charge is 0.467 e. The van der Waals surface area contributed by atoms with Crippen molar-refractivity contribution >= 4 is 40.1 Å². The number of urea groups is 1. The Morgan fingerprint density at radius 3 is 2.06 bits per heavy atom. The molecule has 7 heteroatoms. The summed E-state index contributed by atoms with van der Waals surface area (Å²) in [5.41, 5.74) is 3.09. The van der Waals surface area contributed by atoms with Gasteiger partial charge in [-0.3, -0.25) is 4.79 Å². The van der Waals surface area contributed by atoms with E-state index in [2.05, 4.69) is 16.0 Å². The number of esters is 1. The quantitative estimate of drug-likeness (QED) is 0.349. The van der Waals surface area contributed by atoms with Crippen LogP contribution in [0.2, 0.25) is 0 Å². The van der Waals surface area contributed by atoms with Crippen LogP contribution in [0.3, 0.4) is 0 Å². The number of hydrogen-bond donors (Lipinski definition) is 3. The van der Waals surface area contributed by atoms with E-state index in [1.807, 2.05) is 71.0 Å². The van der Waals surface area contributed by atoms with Crippen LogP contribution in [0.15, 0.2) is 48.5 Å². The summed E-state index contributed by atoms with van der Waals surface area (Å²) in [7, 11) is 1.30. The fraction of sp³-hybridized carbons (Fsp3) is 0.345. The number of rotatable bonds is 7. The summed E-state index contributed by atoms with van der Waals surface area (Å²) >= 11 is 0. The molecule has 0 saturated carbocycles. The molecular weight excluding hydrogens is 454 g/mol. The minimum Gasteiger partial charge on any atom is -0.467 e. The molecule has 3 aromatic carbocycles. The highest BCUT2D eigenvalue weighted by Gasteiger charge is 2.37. The van der Waals surface area contributed by atoms with Crippen LogP contribution in [0.4, 0.5) is 16.2 Å². The van der Waals surface area contributed by atoms with Gasteiger partial charge in [-0.2, -0.15) is 0 Å². The number of benzene rings is 3. The van der Waals surface area contributed by atoms with Gasteiger partial charge in [-0.15, -0.1) is 0 Å². The van der Waals surface area contributed by atoms with E-state index in [9.17, 15) is 14.4 Å². The van der Waals surface area contributed by atoms with Crippen molar-refractivity contribution in [3.63, 3.8) is 0 Å². The molecule has 0 aromatic heterocycles. The van der Waals surface area contributed by atoms with Crippen LogP contribution in [-0.2, 0) is 9.53 Å². The molecule has 0 fully saturated rings. The number of nitrogens with one attached hydrogen (secondary N) is 3. The Bertz CT molecular complexity index is 1290. The van der Waals surface area contributed by atoms with Crippen molar-refractivity contribution < 1.29 is 19.1 Å². The monoisotopic (exact) mass is 489 g/mol. The third kappa shape index (κ3) is 6.03. The third-order valence-corrected chi connectivity index (χ3v) is 6.14. The standard InChI is InChI=1S/C29H35N3O4/c1-17(2)16-29(6,27(34)36-7)32-26(33)23-14-21-10-8-9-11-22(21)15-24(23)30-28(35)31-25-19(4)12-18(3)13-20(25)5/h8-15,17H,16H2,1-7H3,(H,32,33)(H2,30,31,35)/t29-/m0/s1. The Kier molecular flexibility index (Phi) is 8.03. The van der Waals surface area contributed by atoms with Crippen LogP contribution >= 0.6 is 0 Å². The SMILES string of the molecule is COC(=O)[C@](C)(CC(C)C)NC(=O)c1cc2ccccc2cc1NC(=O)Nc1c(C)cc(C)cc1C. The molecule has 36 heavy (non-hydrogen) atoms. The molecule has 3 aromatic rings. The molecule has 0 bridgehead atoms. The van der Waals surface area contributed by atoms with Crippen molar-refractivity contribution in [3.8, 4) is 0 Å². The van der Waals surface area contributed by atoms with Crippen LogP contribution in [0.25, 0.3) is 10.8 Å². The average Bonchev–Trinajstić information content (AvgIpc) is 2.79. The second kappa shape index (κ2) is 10.8. The minimum absolute atomic E-state index is 0.135. The number of aryl methyl sites for hydroxylation is 3. The van der Waals surface area contributed by atoms with Gasteiger partial charge in [0.15, 0.2) is 0 Å². The average molecular weight is 490 g/mol. The summed E-state index contributed by atoms with van der Waals surface area (Å²) in [5, 5.41) is 10.3. The molecule has 3 N–H and O–H groups in total. The molecule has 0 aliphatic heterocycles. The van der Waals surface area contributed by atoms with Crippen LogP contribution in [0, 0.1) is 26.7 Å². The van der Waals surface area contributed by atoms with E-state index in [4.69, 9.17) is 4.74 Å². The maximum atomic E-state index is 13.5. The highest BCUT2D eigenvalue weighted by molar-refractivity contribution is 6.10. The zero-order valence-corrected chi connectivity index (χ0v) is 22.0. The molecule has 1 atom stereocenters. The molecule has 0 unspecified atom stereocenters.